The molecule has 0 aliphatic carbocycles. The SMILES string of the molecule is O=C(NCc1cccnc1)C1CCN(S(=O)(=O)c2cccc(Cl)c2)CC1. The largest absolute Gasteiger partial charge is 0.352 e. The Hall–Kier alpha value is -1.96. The molecule has 1 saturated heterocycles. The number of pyridine rings is 1. The fourth-order valence-electron chi connectivity index (χ4n) is 2.97. The Bertz CT molecular complexity index is 866. The Morgan fingerprint density at radius 3 is 2.65 bits per heavy atom. The molecule has 2 aromatic rings. The van der Waals surface area contributed by atoms with Crippen LogP contribution in [0, 0.1) is 5.92 Å². The number of sulfonamides is 1. The molecule has 0 bridgehead atoms. The van der Waals surface area contributed by atoms with Gasteiger partial charge in [-0.05, 0) is 42.7 Å². The molecule has 1 aliphatic rings. The number of nitrogens with one attached hydrogen (secondary N) is 1. The summed E-state index contributed by atoms with van der Waals surface area (Å²) in [7, 11) is -3.58. The molecule has 1 N–H and O–H groups in total. The second-order valence-corrected chi connectivity index (χ2v) is 8.59. The van der Waals surface area contributed by atoms with Crippen molar-refractivity contribution in [3.8, 4) is 0 Å². The molecule has 3 rings (SSSR count). The van der Waals surface area contributed by atoms with Gasteiger partial charge < -0.3 is 5.32 Å². The molecule has 1 aromatic carbocycles. The summed E-state index contributed by atoms with van der Waals surface area (Å²) in [5.41, 5.74) is 0.932. The predicted molar refractivity (Wildman–Crippen MR) is 99.0 cm³/mol. The van der Waals surface area contributed by atoms with Crippen molar-refractivity contribution in [2.24, 2.45) is 5.92 Å². The van der Waals surface area contributed by atoms with Gasteiger partial charge >= 0.3 is 0 Å². The highest BCUT2D eigenvalue weighted by atomic mass is 35.5. The average Bonchev–Trinajstić information content (AvgIpc) is 2.67. The van der Waals surface area contributed by atoms with E-state index >= 15 is 0 Å². The topological polar surface area (TPSA) is 79.4 Å². The first-order valence-corrected chi connectivity index (χ1v) is 10.2. The van der Waals surface area contributed by atoms with Crippen LogP contribution in [-0.2, 0) is 21.4 Å². The van der Waals surface area contributed by atoms with Gasteiger partial charge in [0.05, 0.1) is 4.90 Å². The lowest BCUT2D eigenvalue weighted by atomic mass is 9.97. The molecular formula is C18H20ClN3O3S. The Morgan fingerprint density at radius 2 is 2.00 bits per heavy atom. The number of nitrogens with zero attached hydrogens (tertiary/aromatic N) is 2. The van der Waals surface area contributed by atoms with Crippen molar-refractivity contribution in [2.75, 3.05) is 13.1 Å². The summed E-state index contributed by atoms with van der Waals surface area (Å²) in [6, 6.07) is 9.96. The van der Waals surface area contributed by atoms with E-state index in [0.29, 0.717) is 37.5 Å². The molecular weight excluding hydrogens is 374 g/mol. The van der Waals surface area contributed by atoms with Gasteiger partial charge in [0, 0.05) is 43.0 Å². The summed E-state index contributed by atoms with van der Waals surface area (Å²) >= 11 is 5.90. The lowest BCUT2D eigenvalue weighted by Crippen LogP contribution is -2.42. The molecule has 0 saturated carbocycles. The van der Waals surface area contributed by atoms with Gasteiger partial charge in [0.2, 0.25) is 15.9 Å². The van der Waals surface area contributed by atoms with Crippen LogP contribution in [-0.4, -0.2) is 36.7 Å². The molecule has 1 amide bonds. The van der Waals surface area contributed by atoms with Crippen LogP contribution >= 0.6 is 11.6 Å². The molecule has 1 aliphatic heterocycles. The van der Waals surface area contributed by atoms with E-state index in [1.54, 1.807) is 24.5 Å². The molecule has 0 spiro atoms. The van der Waals surface area contributed by atoms with Crippen molar-refractivity contribution in [2.45, 2.75) is 24.3 Å². The molecule has 6 nitrogen and oxygen atoms in total. The Kier molecular flexibility index (Phi) is 5.90. The second kappa shape index (κ2) is 8.16. The Balaban J connectivity index is 1.56. The Labute approximate surface area is 158 Å². The maximum absolute atomic E-state index is 12.7. The first-order chi connectivity index (χ1) is 12.5. The van der Waals surface area contributed by atoms with Crippen LogP contribution in [0.3, 0.4) is 0 Å². The first-order valence-electron chi connectivity index (χ1n) is 8.39. The van der Waals surface area contributed by atoms with Crippen molar-refractivity contribution < 1.29 is 13.2 Å². The third kappa shape index (κ3) is 4.41. The lowest BCUT2D eigenvalue weighted by molar-refractivity contribution is -0.126. The summed E-state index contributed by atoms with van der Waals surface area (Å²) in [4.78, 5) is 16.5. The maximum atomic E-state index is 12.7. The van der Waals surface area contributed by atoms with Crippen LogP contribution in [0.4, 0.5) is 0 Å². The number of amides is 1. The summed E-state index contributed by atoms with van der Waals surface area (Å²) in [6.07, 6.45) is 4.39. The van der Waals surface area contributed by atoms with E-state index in [4.69, 9.17) is 11.6 Å². The zero-order valence-electron chi connectivity index (χ0n) is 14.1. The highest BCUT2D eigenvalue weighted by Crippen LogP contribution is 2.25. The maximum Gasteiger partial charge on any atom is 0.243 e. The fourth-order valence-corrected chi connectivity index (χ4v) is 4.74. The van der Waals surface area contributed by atoms with Crippen molar-refractivity contribution in [3.05, 3.63) is 59.4 Å². The van der Waals surface area contributed by atoms with Gasteiger partial charge in [-0.25, -0.2) is 8.42 Å². The summed E-state index contributed by atoms with van der Waals surface area (Å²) < 4.78 is 26.8. The Morgan fingerprint density at radius 1 is 1.23 bits per heavy atom. The predicted octanol–water partition coefficient (Wildman–Crippen LogP) is 2.45. The highest BCUT2D eigenvalue weighted by molar-refractivity contribution is 7.89. The van der Waals surface area contributed by atoms with E-state index in [1.165, 1.54) is 16.4 Å². The van der Waals surface area contributed by atoms with Crippen molar-refractivity contribution in [1.29, 1.82) is 0 Å². The van der Waals surface area contributed by atoms with Gasteiger partial charge in [-0.15, -0.1) is 0 Å². The molecule has 1 aromatic heterocycles. The number of halogens is 1. The number of hydrogen-bond donors (Lipinski definition) is 1. The fraction of sp³-hybridized carbons (Fsp3) is 0.333. The molecule has 138 valence electrons. The third-order valence-electron chi connectivity index (χ3n) is 4.45. The van der Waals surface area contributed by atoms with Crippen LogP contribution < -0.4 is 5.32 Å². The van der Waals surface area contributed by atoms with E-state index in [9.17, 15) is 13.2 Å². The van der Waals surface area contributed by atoms with Crippen molar-refractivity contribution in [1.82, 2.24) is 14.6 Å². The zero-order chi connectivity index (χ0) is 18.6. The number of rotatable bonds is 5. The molecule has 0 atom stereocenters. The molecule has 2 heterocycles. The monoisotopic (exact) mass is 393 g/mol. The van der Waals surface area contributed by atoms with E-state index in [0.717, 1.165) is 5.56 Å². The van der Waals surface area contributed by atoms with E-state index < -0.39 is 10.0 Å². The van der Waals surface area contributed by atoms with Crippen molar-refractivity contribution >= 4 is 27.5 Å². The minimum atomic E-state index is -3.58. The lowest BCUT2D eigenvalue weighted by Gasteiger charge is -2.30. The molecule has 8 heteroatoms. The van der Waals surface area contributed by atoms with Gasteiger partial charge in [-0.1, -0.05) is 23.7 Å². The van der Waals surface area contributed by atoms with Gasteiger partial charge in [0.25, 0.3) is 0 Å². The minimum Gasteiger partial charge on any atom is -0.352 e. The molecule has 0 unspecified atom stereocenters. The molecule has 1 fully saturated rings. The van der Waals surface area contributed by atoms with E-state index in [2.05, 4.69) is 10.3 Å². The van der Waals surface area contributed by atoms with Crippen LogP contribution in [0.1, 0.15) is 18.4 Å². The molecule has 26 heavy (non-hydrogen) atoms. The van der Waals surface area contributed by atoms with Crippen LogP contribution in [0.15, 0.2) is 53.7 Å². The summed E-state index contributed by atoms with van der Waals surface area (Å²) in [5, 5.41) is 3.28. The van der Waals surface area contributed by atoms with Crippen LogP contribution in [0.5, 0.6) is 0 Å². The number of aromatic nitrogens is 1. The smallest absolute Gasteiger partial charge is 0.243 e. The summed E-state index contributed by atoms with van der Waals surface area (Å²) in [5.74, 6) is -0.230. The third-order valence-corrected chi connectivity index (χ3v) is 6.58. The summed E-state index contributed by atoms with van der Waals surface area (Å²) in [6.45, 7) is 1.06. The number of carbonyl (C=O) groups excluding carboxylic acids is 1. The standard InChI is InChI=1S/C18H20ClN3O3S/c19-16-4-1-5-17(11-16)26(24,25)22-9-6-15(7-10-22)18(23)21-13-14-3-2-8-20-12-14/h1-5,8,11-12,15H,6-7,9-10,13H2,(H,21,23). The number of piperidine rings is 1. The normalized spacial score (nSPS) is 16.3. The van der Waals surface area contributed by atoms with Crippen LogP contribution in [0.2, 0.25) is 5.02 Å². The van der Waals surface area contributed by atoms with Crippen LogP contribution in [0.25, 0.3) is 0 Å². The number of carbonyl (C=O) groups is 1. The zero-order valence-corrected chi connectivity index (χ0v) is 15.7. The number of benzene rings is 1. The quantitative estimate of drug-likeness (QED) is 0.846. The second-order valence-electron chi connectivity index (χ2n) is 6.21. The van der Waals surface area contributed by atoms with Gasteiger partial charge in [-0.3, -0.25) is 9.78 Å². The molecule has 0 radical (unpaired) electrons. The van der Waals surface area contributed by atoms with E-state index in [-0.39, 0.29) is 16.7 Å². The van der Waals surface area contributed by atoms with E-state index in [1.807, 2.05) is 12.1 Å². The van der Waals surface area contributed by atoms with Crippen molar-refractivity contribution in [3.63, 3.8) is 0 Å². The van der Waals surface area contributed by atoms with Gasteiger partial charge in [-0.2, -0.15) is 4.31 Å². The first kappa shape index (κ1) is 18.8. The highest BCUT2D eigenvalue weighted by Gasteiger charge is 2.32. The minimum absolute atomic E-state index is 0.0475. The number of hydrogen-bond acceptors (Lipinski definition) is 4. The van der Waals surface area contributed by atoms with Gasteiger partial charge in [0.1, 0.15) is 0 Å². The van der Waals surface area contributed by atoms with Gasteiger partial charge in [0.15, 0.2) is 0 Å². The average molecular weight is 394 g/mol.